The number of benzene rings is 10. The van der Waals surface area contributed by atoms with Crippen LogP contribution in [0.3, 0.4) is 0 Å². The van der Waals surface area contributed by atoms with Gasteiger partial charge in [0.25, 0.3) is 0 Å². The normalized spacial score (nSPS) is 13.1. The van der Waals surface area contributed by atoms with E-state index in [1.165, 1.54) is 92.0 Å². The Labute approximate surface area is 373 Å². The minimum atomic E-state index is -0.475. The molecular formula is C60H35N3S. The number of hydrogen-bond donors (Lipinski definition) is 0. The van der Waals surface area contributed by atoms with Gasteiger partial charge in [0, 0.05) is 36.9 Å². The molecule has 1 spiro atoms. The summed E-state index contributed by atoms with van der Waals surface area (Å²) in [5, 5.41) is 7.23. The molecule has 2 heterocycles. The van der Waals surface area contributed by atoms with Crippen molar-refractivity contribution in [2.24, 2.45) is 0 Å². The van der Waals surface area contributed by atoms with E-state index in [1.54, 1.807) is 11.3 Å². The third kappa shape index (κ3) is 5.06. The highest BCUT2D eigenvalue weighted by Crippen LogP contribution is 2.63. The van der Waals surface area contributed by atoms with Crippen LogP contribution >= 0.6 is 11.3 Å². The zero-order valence-corrected chi connectivity index (χ0v) is 35.3. The van der Waals surface area contributed by atoms with Gasteiger partial charge in [0.1, 0.15) is 0 Å². The summed E-state index contributed by atoms with van der Waals surface area (Å²) in [5.41, 5.74) is 15.1. The van der Waals surface area contributed by atoms with Crippen LogP contribution in [0.15, 0.2) is 212 Å². The molecule has 0 atom stereocenters. The summed E-state index contributed by atoms with van der Waals surface area (Å²) < 4.78 is 2.42. The van der Waals surface area contributed by atoms with Crippen molar-refractivity contribution < 1.29 is 0 Å². The minimum Gasteiger partial charge on any atom is -0.208 e. The van der Waals surface area contributed by atoms with E-state index in [0.29, 0.717) is 17.5 Å². The Balaban J connectivity index is 0.987. The number of nitrogens with zero attached hydrogens (tertiary/aromatic N) is 3. The van der Waals surface area contributed by atoms with Crippen LogP contribution in [0.1, 0.15) is 22.3 Å². The molecule has 64 heavy (non-hydrogen) atoms. The maximum atomic E-state index is 5.42. The fourth-order valence-electron chi connectivity index (χ4n) is 10.8. The zero-order chi connectivity index (χ0) is 41.9. The predicted octanol–water partition coefficient (Wildman–Crippen LogP) is 15.6. The summed E-state index contributed by atoms with van der Waals surface area (Å²) in [6.45, 7) is 0. The molecule has 0 radical (unpaired) electrons. The minimum absolute atomic E-state index is 0.475. The fourth-order valence-corrected chi connectivity index (χ4v) is 12.1. The lowest BCUT2D eigenvalue weighted by Gasteiger charge is -2.30. The van der Waals surface area contributed by atoms with E-state index < -0.39 is 5.41 Å². The maximum Gasteiger partial charge on any atom is 0.165 e. The molecular weight excluding hydrogens is 795 g/mol. The molecule has 2 aliphatic rings. The molecule has 12 aromatic rings. The first-order chi connectivity index (χ1) is 31.7. The van der Waals surface area contributed by atoms with Crippen molar-refractivity contribution >= 4 is 53.1 Å². The van der Waals surface area contributed by atoms with Crippen LogP contribution in [-0.2, 0) is 5.41 Å². The molecule has 10 aromatic carbocycles. The van der Waals surface area contributed by atoms with Gasteiger partial charge in [-0.15, -0.1) is 11.3 Å². The van der Waals surface area contributed by atoms with E-state index in [4.69, 9.17) is 15.0 Å². The number of fused-ring (bicyclic) bond motifs is 15. The molecule has 0 saturated heterocycles. The van der Waals surface area contributed by atoms with Crippen LogP contribution in [0.2, 0.25) is 0 Å². The van der Waals surface area contributed by atoms with Gasteiger partial charge in [-0.3, -0.25) is 0 Å². The van der Waals surface area contributed by atoms with E-state index in [9.17, 15) is 0 Å². The van der Waals surface area contributed by atoms with Crippen LogP contribution in [-0.4, -0.2) is 15.0 Å². The molecule has 4 heteroatoms. The van der Waals surface area contributed by atoms with E-state index in [-0.39, 0.29) is 0 Å². The van der Waals surface area contributed by atoms with Crippen molar-refractivity contribution in [3.8, 4) is 67.5 Å². The van der Waals surface area contributed by atoms with Gasteiger partial charge in [-0.05, 0) is 114 Å². The molecule has 0 fully saturated rings. The average Bonchev–Trinajstić information content (AvgIpc) is 4.00. The highest BCUT2D eigenvalue weighted by molar-refractivity contribution is 7.26. The molecule has 0 N–H and O–H groups in total. The predicted molar refractivity (Wildman–Crippen MR) is 266 cm³/mol. The number of aromatic nitrogens is 3. The molecule has 0 amide bonds. The van der Waals surface area contributed by atoms with Crippen molar-refractivity contribution in [2.75, 3.05) is 0 Å². The molecule has 2 aliphatic carbocycles. The van der Waals surface area contributed by atoms with Crippen LogP contribution in [0.4, 0.5) is 0 Å². The molecule has 296 valence electrons. The Morgan fingerprint density at radius 3 is 1.47 bits per heavy atom. The third-order valence-corrected chi connectivity index (χ3v) is 14.9. The summed E-state index contributed by atoms with van der Waals surface area (Å²) in [5.74, 6) is 1.96. The first-order valence-corrected chi connectivity index (χ1v) is 22.6. The Hall–Kier alpha value is -8.05. The van der Waals surface area contributed by atoms with Crippen LogP contribution in [0, 0.1) is 0 Å². The average molecular weight is 830 g/mol. The Morgan fingerprint density at radius 2 is 0.766 bits per heavy atom. The molecule has 0 saturated carbocycles. The first-order valence-electron chi connectivity index (χ1n) is 21.8. The van der Waals surface area contributed by atoms with Crippen molar-refractivity contribution in [3.05, 3.63) is 235 Å². The molecule has 2 aromatic heterocycles. The fraction of sp³-hybridized carbons (Fsp3) is 0.0167. The summed E-state index contributed by atoms with van der Waals surface area (Å²) in [7, 11) is 0. The van der Waals surface area contributed by atoms with Crippen LogP contribution in [0.5, 0.6) is 0 Å². The molecule has 0 bridgehead atoms. The van der Waals surface area contributed by atoms with Crippen LogP contribution < -0.4 is 0 Å². The second kappa shape index (κ2) is 13.5. The highest BCUT2D eigenvalue weighted by atomic mass is 32.1. The van der Waals surface area contributed by atoms with Gasteiger partial charge in [0.2, 0.25) is 0 Å². The monoisotopic (exact) mass is 829 g/mol. The van der Waals surface area contributed by atoms with Gasteiger partial charge in [-0.1, -0.05) is 176 Å². The third-order valence-electron chi connectivity index (χ3n) is 13.7. The quantitative estimate of drug-likeness (QED) is 0.177. The topological polar surface area (TPSA) is 38.7 Å². The highest BCUT2D eigenvalue weighted by Gasteiger charge is 2.51. The Kier molecular flexibility index (Phi) is 7.48. The van der Waals surface area contributed by atoms with Gasteiger partial charge < -0.3 is 0 Å². The molecule has 3 nitrogen and oxygen atoms in total. The summed E-state index contributed by atoms with van der Waals surface area (Å²) in [6.07, 6.45) is 0. The molecule has 0 aliphatic heterocycles. The first kappa shape index (κ1) is 35.5. The standard InChI is InChI=1S/C60H35N3S/c1-2-13-38-32-39(27-24-36(38)12-1)40-28-25-37-26-29-41(34-43(37)33-40)57-61-58(63-59(62-57)50-19-11-18-49-48-17-6-10-23-55(48)64-56(49)50)42-30-31-47-46-16-5-9-22-53(46)60(54(47)35-42)51-20-7-3-14-44(51)45-15-4-8-21-52(45)60/h1-35H. The lowest BCUT2D eigenvalue weighted by atomic mass is 9.70. The maximum absolute atomic E-state index is 5.42. The van der Waals surface area contributed by atoms with Gasteiger partial charge in [-0.2, -0.15) is 0 Å². The van der Waals surface area contributed by atoms with E-state index in [2.05, 4.69) is 212 Å². The van der Waals surface area contributed by atoms with E-state index in [0.717, 1.165) is 22.1 Å². The number of rotatable bonds is 4. The van der Waals surface area contributed by atoms with Gasteiger partial charge >= 0.3 is 0 Å². The van der Waals surface area contributed by atoms with Gasteiger partial charge in [0.15, 0.2) is 17.5 Å². The Bertz CT molecular complexity index is 3870. The lowest BCUT2D eigenvalue weighted by Crippen LogP contribution is -2.25. The summed E-state index contributed by atoms with van der Waals surface area (Å²) in [6, 6.07) is 77.4. The molecule has 14 rings (SSSR count). The largest absolute Gasteiger partial charge is 0.208 e. The van der Waals surface area contributed by atoms with Crippen molar-refractivity contribution in [2.45, 2.75) is 5.41 Å². The SMILES string of the molecule is c1ccc2c(c1)-c1ccccc1C21c2ccccc2-c2ccc(-c3nc(-c4ccc5ccc(-c6ccc7ccccc7c6)cc5c4)nc(-c4cccc5c4sc4ccccc45)n3)cc21. The van der Waals surface area contributed by atoms with Gasteiger partial charge in [-0.25, -0.2) is 15.0 Å². The zero-order valence-electron chi connectivity index (χ0n) is 34.5. The lowest BCUT2D eigenvalue weighted by molar-refractivity contribution is 0.794. The van der Waals surface area contributed by atoms with E-state index >= 15 is 0 Å². The second-order valence-electron chi connectivity index (χ2n) is 17.1. The number of hydrogen-bond acceptors (Lipinski definition) is 4. The summed E-state index contributed by atoms with van der Waals surface area (Å²) >= 11 is 1.80. The smallest absolute Gasteiger partial charge is 0.165 e. The summed E-state index contributed by atoms with van der Waals surface area (Å²) in [4.78, 5) is 16.2. The van der Waals surface area contributed by atoms with E-state index in [1.807, 2.05) is 0 Å². The second-order valence-corrected chi connectivity index (χ2v) is 18.1. The van der Waals surface area contributed by atoms with Gasteiger partial charge in [0.05, 0.1) is 5.41 Å². The van der Waals surface area contributed by atoms with Crippen molar-refractivity contribution in [1.82, 2.24) is 15.0 Å². The van der Waals surface area contributed by atoms with Crippen molar-refractivity contribution in [3.63, 3.8) is 0 Å². The van der Waals surface area contributed by atoms with Crippen LogP contribution in [0.25, 0.3) is 109 Å². The Morgan fingerprint density at radius 1 is 0.297 bits per heavy atom. The molecule has 0 unspecified atom stereocenters. The number of thiophene rings is 1. The van der Waals surface area contributed by atoms with Crippen molar-refractivity contribution in [1.29, 1.82) is 0 Å².